The minimum absolute atomic E-state index is 0.384. The van der Waals surface area contributed by atoms with E-state index < -0.39 is 0 Å². The third-order valence-corrected chi connectivity index (χ3v) is 5.62. The normalized spacial score (nSPS) is 11.3. The molecule has 0 aliphatic carbocycles. The summed E-state index contributed by atoms with van der Waals surface area (Å²) in [7, 11) is 0. The molecule has 4 heteroatoms. The lowest BCUT2D eigenvalue weighted by Crippen LogP contribution is -2.00. The van der Waals surface area contributed by atoms with Gasteiger partial charge in [0.1, 0.15) is 12.4 Å². The van der Waals surface area contributed by atoms with Gasteiger partial charge in [-0.15, -0.1) is 0 Å². The summed E-state index contributed by atoms with van der Waals surface area (Å²) in [5, 5.41) is 3.60. The first-order valence-electron chi connectivity index (χ1n) is 9.30. The third kappa shape index (κ3) is 4.29. The zero-order valence-electron chi connectivity index (χ0n) is 15.9. The average Bonchev–Trinajstić information content (AvgIpc) is 2.74. The van der Waals surface area contributed by atoms with E-state index >= 15 is 0 Å². The molecule has 2 nitrogen and oxygen atoms in total. The van der Waals surface area contributed by atoms with Crippen LogP contribution in [0.4, 0.5) is 5.69 Å². The van der Waals surface area contributed by atoms with E-state index in [1.165, 1.54) is 0 Å². The van der Waals surface area contributed by atoms with Crippen LogP contribution in [0, 0.1) is 6.92 Å². The van der Waals surface area contributed by atoms with Crippen molar-refractivity contribution in [2.24, 2.45) is 4.99 Å². The fraction of sp³-hybridized carbons (Fsp3) is 0.0800. The summed E-state index contributed by atoms with van der Waals surface area (Å²) < 4.78 is 6.15. The lowest BCUT2D eigenvalue weighted by molar-refractivity contribution is 0.306. The van der Waals surface area contributed by atoms with Crippen molar-refractivity contribution in [3.8, 4) is 5.75 Å². The summed E-state index contributed by atoms with van der Waals surface area (Å²) in [4.78, 5) is 4.70. The molecule has 0 atom stereocenters. The van der Waals surface area contributed by atoms with Gasteiger partial charge in [0.15, 0.2) is 0 Å². The van der Waals surface area contributed by atoms with Crippen molar-refractivity contribution in [1.82, 2.24) is 0 Å². The topological polar surface area (TPSA) is 21.6 Å². The fourth-order valence-corrected chi connectivity index (χ4v) is 3.54. The molecule has 0 aliphatic heterocycles. The van der Waals surface area contributed by atoms with E-state index in [1.807, 2.05) is 73.8 Å². The predicted octanol–water partition coefficient (Wildman–Crippen LogP) is 7.78. The van der Waals surface area contributed by atoms with Crippen LogP contribution in [0.3, 0.4) is 0 Å². The van der Waals surface area contributed by atoms with E-state index in [0.29, 0.717) is 16.7 Å². The SMILES string of the molecule is Cc1c(Cl)cccc1N=Cc1c(OCc2ccccc2Cl)ccc2ccccc12. The number of benzene rings is 4. The Balaban J connectivity index is 1.74. The minimum Gasteiger partial charge on any atom is -0.488 e. The number of hydrogen-bond acceptors (Lipinski definition) is 2. The van der Waals surface area contributed by atoms with Crippen LogP contribution in [-0.4, -0.2) is 6.21 Å². The number of fused-ring (bicyclic) bond motifs is 1. The van der Waals surface area contributed by atoms with Gasteiger partial charge in [-0.1, -0.05) is 77.8 Å². The maximum atomic E-state index is 6.28. The van der Waals surface area contributed by atoms with Gasteiger partial charge in [-0.05, 0) is 47.5 Å². The molecule has 0 radical (unpaired) electrons. The molecule has 0 saturated heterocycles. The Morgan fingerprint density at radius 2 is 1.59 bits per heavy atom. The van der Waals surface area contributed by atoms with E-state index in [9.17, 15) is 0 Å². The Hall–Kier alpha value is -2.81. The monoisotopic (exact) mass is 419 g/mol. The van der Waals surface area contributed by atoms with E-state index in [1.54, 1.807) is 0 Å². The van der Waals surface area contributed by atoms with Crippen LogP contribution in [-0.2, 0) is 6.61 Å². The molecule has 144 valence electrons. The molecule has 0 aromatic heterocycles. The molecule has 4 aromatic carbocycles. The molecule has 0 aliphatic rings. The summed E-state index contributed by atoms with van der Waals surface area (Å²) in [5.74, 6) is 0.757. The largest absolute Gasteiger partial charge is 0.488 e. The Bertz CT molecular complexity index is 1200. The van der Waals surface area contributed by atoms with Crippen LogP contribution >= 0.6 is 23.2 Å². The average molecular weight is 420 g/mol. The molecule has 4 aromatic rings. The first-order valence-corrected chi connectivity index (χ1v) is 10.1. The summed E-state index contributed by atoms with van der Waals surface area (Å²) in [6, 6.07) is 25.6. The number of rotatable bonds is 5. The van der Waals surface area contributed by atoms with Gasteiger partial charge in [-0.25, -0.2) is 0 Å². The van der Waals surface area contributed by atoms with Crippen LogP contribution in [0.2, 0.25) is 10.0 Å². The molecule has 0 N–H and O–H groups in total. The van der Waals surface area contributed by atoms with Crippen molar-refractivity contribution in [3.63, 3.8) is 0 Å². The number of hydrogen-bond donors (Lipinski definition) is 0. The minimum atomic E-state index is 0.384. The molecule has 0 amide bonds. The van der Waals surface area contributed by atoms with E-state index in [-0.39, 0.29) is 0 Å². The Kier molecular flexibility index (Phi) is 5.84. The molecule has 0 unspecified atom stereocenters. The van der Waals surface area contributed by atoms with Crippen molar-refractivity contribution in [3.05, 3.63) is 106 Å². The number of halogens is 2. The van der Waals surface area contributed by atoms with Crippen molar-refractivity contribution in [2.75, 3.05) is 0 Å². The molecule has 0 saturated carbocycles. The highest BCUT2D eigenvalue weighted by atomic mass is 35.5. The second kappa shape index (κ2) is 8.69. The molecule has 0 heterocycles. The van der Waals surface area contributed by atoms with Gasteiger partial charge in [0.05, 0.1) is 5.69 Å². The second-order valence-corrected chi connectivity index (χ2v) is 7.54. The van der Waals surface area contributed by atoms with Crippen LogP contribution in [0.1, 0.15) is 16.7 Å². The molecular formula is C25H19Cl2NO. The van der Waals surface area contributed by atoms with Gasteiger partial charge in [-0.2, -0.15) is 0 Å². The maximum Gasteiger partial charge on any atom is 0.129 e. The van der Waals surface area contributed by atoms with Crippen molar-refractivity contribution in [1.29, 1.82) is 0 Å². The van der Waals surface area contributed by atoms with Crippen molar-refractivity contribution < 1.29 is 4.74 Å². The second-order valence-electron chi connectivity index (χ2n) is 6.72. The van der Waals surface area contributed by atoms with E-state index in [2.05, 4.69) is 18.2 Å². The number of nitrogens with zero attached hydrogens (tertiary/aromatic N) is 1. The summed E-state index contributed by atoms with van der Waals surface area (Å²) in [6.45, 7) is 2.35. The molecule has 4 rings (SSSR count). The van der Waals surface area contributed by atoms with Gasteiger partial charge in [0.2, 0.25) is 0 Å². The van der Waals surface area contributed by atoms with Crippen molar-refractivity contribution >= 4 is 45.9 Å². The smallest absolute Gasteiger partial charge is 0.129 e. The zero-order valence-corrected chi connectivity index (χ0v) is 17.4. The van der Waals surface area contributed by atoms with Crippen LogP contribution in [0.25, 0.3) is 10.8 Å². The number of ether oxygens (including phenoxy) is 1. The van der Waals surface area contributed by atoms with Gasteiger partial charge in [0.25, 0.3) is 0 Å². The maximum absolute atomic E-state index is 6.28. The standard InChI is InChI=1S/C25H19Cl2NO/c1-17-22(26)11-6-12-24(17)28-15-21-20-9-4-2-7-18(20)13-14-25(21)29-16-19-8-3-5-10-23(19)27/h2-15H,16H2,1H3. The Morgan fingerprint density at radius 1 is 0.828 bits per heavy atom. The third-order valence-electron chi connectivity index (χ3n) is 4.84. The highest BCUT2D eigenvalue weighted by Gasteiger charge is 2.09. The van der Waals surface area contributed by atoms with Crippen molar-refractivity contribution in [2.45, 2.75) is 13.5 Å². The molecule has 29 heavy (non-hydrogen) atoms. The van der Waals surface area contributed by atoms with Crippen LogP contribution < -0.4 is 4.74 Å². The quantitative estimate of drug-likeness (QED) is 0.302. The lowest BCUT2D eigenvalue weighted by Gasteiger charge is -2.13. The highest BCUT2D eigenvalue weighted by molar-refractivity contribution is 6.31. The predicted molar refractivity (Wildman–Crippen MR) is 123 cm³/mol. The van der Waals surface area contributed by atoms with Crippen LogP contribution in [0.15, 0.2) is 83.9 Å². The van der Waals surface area contributed by atoms with E-state index in [4.69, 9.17) is 32.9 Å². The van der Waals surface area contributed by atoms with Gasteiger partial charge < -0.3 is 4.74 Å². The van der Waals surface area contributed by atoms with Gasteiger partial charge >= 0.3 is 0 Å². The van der Waals surface area contributed by atoms with Gasteiger partial charge in [-0.3, -0.25) is 4.99 Å². The van der Waals surface area contributed by atoms with Crippen LogP contribution in [0.5, 0.6) is 5.75 Å². The fourth-order valence-electron chi connectivity index (χ4n) is 3.18. The molecule has 0 bridgehead atoms. The Labute approximate surface area is 180 Å². The highest BCUT2D eigenvalue weighted by Crippen LogP contribution is 2.30. The summed E-state index contributed by atoms with van der Waals surface area (Å²) >= 11 is 12.5. The lowest BCUT2D eigenvalue weighted by atomic mass is 10.0. The molecule has 0 spiro atoms. The molecular weight excluding hydrogens is 401 g/mol. The summed E-state index contributed by atoms with van der Waals surface area (Å²) in [6.07, 6.45) is 1.85. The van der Waals surface area contributed by atoms with E-state index in [0.717, 1.165) is 38.9 Å². The Morgan fingerprint density at radius 3 is 2.45 bits per heavy atom. The molecule has 0 fully saturated rings. The number of aliphatic imine (C=N–C) groups is 1. The first-order chi connectivity index (χ1) is 14.1. The van der Waals surface area contributed by atoms with Gasteiger partial charge in [0, 0.05) is 27.4 Å². The zero-order chi connectivity index (χ0) is 20.2. The first kappa shape index (κ1) is 19.5. The summed E-state index contributed by atoms with van der Waals surface area (Å²) in [5.41, 5.74) is 3.65.